The second kappa shape index (κ2) is 10.7. The smallest absolute Gasteiger partial charge is 0.162 e. The molecule has 0 amide bonds. The van der Waals surface area contributed by atoms with E-state index in [4.69, 9.17) is 0 Å². The Morgan fingerprint density at radius 1 is 0.914 bits per heavy atom. The number of aliphatic hydroxyl groups is 2. The van der Waals surface area contributed by atoms with Crippen LogP contribution >= 0.6 is 0 Å². The van der Waals surface area contributed by atoms with E-state index in [9.17, 15) is 28.2 Å². The zero-order chi connectivity index (χ0) is 25.0. The topological polar surface area (TPSA) is 60.8 Å². The molecule has 1 unspecified atom stereocenters. The first-order valence-electron chi connectivity index (χ1n) is 11.7. The Bertz CT molecular complexity index is 1140. The summed E-state index contributed by atoms with van der Waals surface area (Å²) in [5.74, 6) is -1.98. The average Bonchev–Trinajstić information content (AvgIpc) is 2.86. The highest BCUT2D eigenvalue weighted by Gasteiger charge is 2.46. The lowest BCUT2D eigenvalue weighted by Crippen LogP contribution is -2.52. The van der Waals surface area contributed by atoms with E-state index in [2.05, 4.69) is 4.90 Å². The van der Waals surface area contributed by atoms with Crippen molar-refractivity contribution in [1.82, 2.24) is 4.90 Å². The Morgan fingerprint density at radius 3 is 2.06 bits per heavy atom. The van der Waals surface area contributed by atoms with E-state index in [0.29, 0.717) is 49.2 Å². The molecular formula is C28H28F3NO3. The molecule has 1 aliphatic heterocycles. The summed E-state index contributed by atoms with van der Waals surface area (Å²) in [5, 5.41) is 22.9. The number of ketones is 1. The average molecular weight is 484 g/mol. The van der Waals surface area contributed by atoms with Crippen molar-refractivity contribution in [3.8, 4) is 0 Å². The standard InChI is InChI=1S/C28H28F3NO3/c29-22-9-3-19(4-10-22)26(33)2-1-16-32-17-15-28(35,21-7-13-24(31)14-8-21)25(18-32)27(34)20-5-11-23(30)12-6-20/h3-14,25,27,34-35H,1-2,15-18H2/t25-,27?,28+/m1/s1. The summed E-state index contributed by atoms with van der Waals surface area (Å²) in [6.07, 6.45) is 0.0578. The quantitative estimate of drug-likeness (QED) is 0.442. The van der Waals surface area contributed by atoms with Crippen LogP contribution in [-0.2, 0) is 5.60 Å². The zero-order valence-corrected chi connectivity index (χ0v) is 19.2. The molecule has 0 bridgehead atoms. The van der Waals surface area contributed by atoms with E-state index in [1.165, 1.54) is 72.8 Å². The molecule has 0 saturated carbocycles. The molecule has 1 aliphatic rings. The van der Waals surface area contributed by atoms with Crippen molar-refractivity contribution < 1.29 is 28.2 Å². The molecule has 0 spiro atoms. The van der Waals surface area contributed by atoms with Gasteiger partial charge in [-0.25, -0.2) is 13.2 Å². The number of likely N-dealkylation sites (tertiary alicyclic amines) is 1. The highest BCUT2D eigenvalue weighted by Crippen LogP contribution is 2.44. The van der Waals surface area contributed by atoms with Crippen molar-refractivity contribution in [3.05, 3.63) is 107 Å². The Labute approximate surface area is 202 Å². The molecule has 2 N–H and O–H groups in total. The third kappa shape index (κ3) is 5.81. The Kier molecular flexibility index (Phi) is 7.69. The number of Topliss-reactive ketones (excluding diaryl/α,β-unsaturated/α-hetero) is 1. The van der Waals surface area contributed by atoms with Gasteiger partial charge in [-0.2, -0.15) is 0 Å². The summed E-state index contributed by atoms with van der Waals surface area (Å²) in [6.45, 7) is 1.42. The fraction of sp³-hybridized carbons (Fsp3) is 0.321. The number of rotatable bonds is 8. The maximum Gasteiger partial charge on any atom is 0.162 e. The van der Waals surface area contributed by atoms with Gasteiger partial charge >= 0.3 is 0 Å². The first-order chi connectivity index (χ1) is 16.8. The fourth-order valence-electron chi connectivity index (χ4n) is 4.83. The van der Waals surface area contributed by atoms with E-state index < -0.39 is 35.1 Å². The van der Waals surface area contributed by atoms with Gasteiger partial charge in [-0.3, -0.25) is 4.79 Å². The molecule has 35 heavy (non-hydrogen) atoms. The Hall–Kier alpha value is -3.00. The maximum atomic E-state index is 13.5. The lowest BCUT2D eigenvalue weighted by atomic mass is 9.72. The maximum absolute atomic E-state index is 13.5. The number of carbonyl (C=O) groups excluding carboxylic acids is 1. The number of benzene rings is 3. The summed E-state index contributed by atoms with van der Waals surface area (Å²) in [7, 11) is 0. The molecule has 3 aromatic rings. The van der Waals surface area contributed by atoms with Gasteiger partial charge in [0.1, 0.15) is 17.5 Å². The second-order valence-corrected chi connectivity index (χ2v) is 9.12. The minimum atomic E-state index is -1.41. The normalized spacial score (nSPS) is 21.6. The molecule has 7 heteroatoms. The number of halogens is 3. The summed E-state index contributed by atoms with van der Waals surface area (Å²) in [5.41, 5.74) is 0.0314. The summed E-state index contributed by atoms with van der Waals surface area (Å²) in [6, 6.07) is 16.6. The van der Waals surface area contributed by atoms with Crippen LogP contribution in [0.1, 0.15) is 46.9 Å². The van der Waals surface area contributed by atoms with Crippen LogP contribution in [0.3, 0.4) is 0 Å². The van der Waals surface area contributed by atoms with Gasteiger partial charge in [0.2, 0.25) is 0 Å². The largest absolute Gasteiger partial charge is 0.388 e. The van der Waals surface area contributed by atoms with Gasteiger partial charge in [0.25, 0.3) is 0 Å². The SMILES string of the molecule is O=C(CCCN1CC[C@](O)(c2ccc(F)cc2)[C@@H](C(O)c2ccc(F)cc2)C1)c1ccc(F)cc1. The van der Waals surface area contributed by atoms with Gasteiger partial charge in [0.05, 0.1) is 11.7 Å². The molecule has 1 heterocycles. The highest BCUT2D eigenvalue weighted by molar-refractivity contribution is 5.95. The number of piperidine rings is 1. The molecule has 4 nitrogen and oxygen atoms in total. The molecule has 0 aliphatic carbocycles. The van der Waals surface area contributed by atoms with Crippen LogP contribution in [0, 0.1) is 23.4 Å². The predicted molar refractivity (Wildman–Crippen MR) is 126 cm³/mol. The third-order valence-corrected chi connectivity index (χ3v) is 6.86. The van der Waals surface area contributed by atoms with Gasteiger partial charge in [-0.15, -0.1) is 0 Å². The van der Waals surface area contributed by atoms with E-state index in [1.54, 1.807) is 0 Å². The number of hydrogen-bond donors (Lipinski definition) is 2. The Morgan fingerprint density at radius 2 is 1.46 bits per heavy atom. The summed E-state index contributed by atoms with van der Waals surface area (Å²) >= 11 is 0. The molecule has 0 aromatic heterocycles. The minimum absolute atomic E-state index is 0.0762. The van der Waals surface area contributed by atoms with Gasteiger partial charge in [-0.05, 0) is 79.0 Å². The molecule has 3 atom stereocenters. The van der Waals surface area contributed by atoms with Crippen LogP contribution in [0.5, 0.6) is 0 Å². The van der Waals surface area contributed by atoms with Crippen LogP contribution in [0.2, 0.25) is 0 Å². The van der Waals surface area contributed by atoms with Gasteiger partial charge in [0, 0.05) is 31.0 Å². The van der Waals surface area contributed by atoms with Crippen LogP contribution in [0.15, 0.2) is 72.8 Å². The van der Waals surface area contributed by atoms with Crippen molar-refractivity contribution in [2.75, 3.05) is 19.6 Å². The molecule has 1 fully saturated rings. The second-order valence-electron chi connectivity index (χ2n) is 9.12. The van der Waals surface area contributed by atoms with Crippen molar-refractivity contribution in [2.24, 2.45) is 5.92 Å². The number of nitrogens with zero attached hydrogens (tertiary/aromatic N) is 1. The van der Waals surface area contributed by atoms with Crippen LogP contribution < -0.4 is 0 Å². The summed E-state index contributed by atoms with van der Waals surface area (Å²) in [4.78, 5) is 14.5. The molecule has 1 saturated heterocycles. The molecule has 3 aromatic carbocycles. The minimum Gasteiger partial charge on any atom is -0.388 e. The van der Waals surface area contributed by atoms with Crippen molar-refractivity contribution in [3.63, 3.8) is 0 Å². The monoisotopic (exact) mass is 483 g/mol. The highest BCUT2D eigenvalue weighted by atomic mass is 19.1. The fourth-order valence-corrected chi connectivity index (χ4v) is 4.83. The van der Waals surface area contributed by atoms with Crippen LogP contribution in [0.4, 0.5) is 13.2 Å². The molecule has 0 radical (unpaired) electrons. The molecule has 184 valence electrons. The number of carbonyl (C=O) groups is 1. The zero-order valence-electron chi connectivity index (χ0n) is 19.2. The van der Waals surface area contributed by atoms with E-state index in [-0.39, 0.29) is 12.2 Å². The van der Waals surface area contributed by atoms with Crippen molar-refractivity contribution >= 4 is 5.78 Å². The van der Waals surface area contributed by atoms with Gasteiger partial charge in [0.15, 0.2) is 5.78 Å². The van der Waals surface area contributed by atoms with Gasteiger partial charge < -0.3 is 15.1 Å². The first kappa shape index (κ1) is 25.1. The van der Waals surface area contributed by atoms with E-state index in [1.807, 2.05) is 0 Å². The predicted octanol–water partition coefficient (Wildman–Crippen LogP) is 5.01. The Balaban J connectivity index is 1.48. The summed E-state index contributed by atoms with van der Waals surface area (Å²) < 4.78 is 40.1. The third-order valence-electron chi connectivity index (χ3n) is 6.86. The van der Waals surface area contributed by atoms with Gasteiger partial charge in [-0.1, -0.05) is 24.3 Å². The lowest BCUT2D eigenvalue weighted by Gasteiger charge is -2.47. The van der Waals surface area contributed by atoms with E-state index in [0.717, 1.165) is 0 Å². The number of aliphatic hydroxyl groups excluding tert-OH is 1. The van der Waals surface area contributed by atoms with Crippen molar-refractivity contribution in [1.29, 1.82) is 0 Å². The molecular weight excluding hydrogens is 455 g/mol. The lowest BCUT2D eigenvalue weighted by molar-refractivity contribution is -0.122. The molecule has 4 rings (SSSR count). The van der Waals surface area contributed by atoms with Crippen molar-refractivity contribution in [2.45, 2.75) is 31.0 Å². The number of hydrogen-bond acceptors (Lipinski definition) is 4. The van der Waals surface area contributed by atoms with E-state index >= 15 is 0 Å². The van der Waals surface area contributed by atoms with Crippen LogP contribution in [0.25, 0.3) is 0 Å². The van der Waals surface area contributed by atoms with Crippen LogP contribution in [-0.4, -0.2) is 40.5 Å². The first-order valence-corrected chi connectivity index (χ1v) is 11.7.